The molecule has 0 fully saturated rings. The molecule has 2 heterocycles. The van der Waals surface area contributed by atoms with Crippen LogP contribution in [0.25, 0.3) is 0 Å². The van der Waals surface area contributed by atoms with Crippen LogP contribution < -0.4 is 4.90 Å². The van der Waals surface area contributed by atoms with Gasteiger partial charge in [0.2, 0.25) is 0 Å². The van der Waals surface area contributed by atoms with Crippen LogP contribution in [0.2, 0.25) is 0 Å². The van der Waals surface area contributed by atoms with Crippen LogP contribution in [0.3, 0.4) is 0 Å². The molecule has 3 rings (SSSR count). The molecule has 1 N–H and O–H groups in total. The zero-order valence-electron chi connectivity index (χ0n) is 9.41. The molecule has 1 aliphatic rings. The first-order chi connectivity index (χ1) is 8.38. The third kappa shape index (κ3) is 1.94. The fraction of sp³-hybridized carbons (Fsp3) is 0.308. The Morgan fingerprint density at radius 1 is 1.41 bits per heavy atom. The molecule has 1 aromatic heterocycles. The van der Waals surface area contributed by atoms with Crippen LogP contribution in [0.15, 0.2) is 35.2 Å². The number of aliphatic hydroxyl groups excluding tert-OH is 1. The zero-order valence-corrected chi connectivity index (χ0v) is 10.2. The van der Waals surface area contributed by atoms with E-state index in [9.17, 15) is 5.11 Å². The maximum Gasteiger partial charge on any atom is 0.0795 e. The van der Waals surface area contributed by atoms with Crippen molar-refractivity contribution >= 4 is 17.0 Å². The summed E-state index contributed by atoms with van der Waals surface area (Å²) < 4.78 is 0. The molecule has 0 saturated heterocycles. The fourth-order valence-electron chi connectivity index (χ4n) is 2.39. The van der Waals surface area contributed by atoms with Gasteiger partial charge in [-0.05, 0) is 18.1 Å². The van der Waals surface area contributed by atoms with E-state index in [1.165, 1.54) is 11.3 Å². The molecule has 0 radical (unpaired) electrons. The second kappa shape index (κ2) is 4.47. The summed E-state index contributed by atoms with van der Waals surface area (Å²) in [6.07, 6.45) is 0.927. The van der Waals surface area contributed by atoms with Crippen LogP contribution in [0.1, 0.15) is 11.3 Å². The molecule has 0 aliphatic carbocycles. The number of rotatable bonds is 3. The number of benzene rings is 1. The number of nitrogens with zero attached hydrogens (tertiary/aromatic N) is 2. The van der Waals surface area contributed by atoms with Crippen LogP contribution >= 0.6 is 11.3 Å². The second-order valence-corrected chi connectivity index (χ2v) is 5.00. The quantitative estimate of drug-likeness (QED) is 0.900. The molecule has 3 nitrogen and oxygen atoms in total. The van der Waals surface area contributed by atoms with E-state index in [-0.39, 0.29) is 12.6 Å². The molecule has 4 heteroatoms. The maximum atomic E-state index is 9.48. The summed E-state index contributed by atoms with van der Waals surface area (Å²) in [5.74, 6) is 0. The minimum atomic E-state index is 0.189. The van der Waals surface area contributed by atoms with Gasteiger partial charge in [-0.3, -0.25) is 0 Å². The van der Waals surface area contributed by atoms with Crippen molar-refractivity contribution < 1.29 is 5.11 Å². The van der Waals surface area contributed by atoms with Crippen molar-refractivity contribution in [2.45, 2.75) is 19.0 Å². The van der Waals surface area contributed by atoms with Gasteiger partial charge in [-0.15, -0.1) is 11.3 Å². The van der Waals surface area contributed by atoms with Crippen LogP contribution in [0.4, 0.5) is 5.69 Å². The summed E-state index contributed by atoms with van der Waals surface area (Å²) in [6.45, 7) is 0.977. The fourth-order valence-corrected chi connectivity index (χ4v) is 2.94. The average molecular weight is 246 g/mol. The lowest BCUT2D eigenvalue weighted by atomic mass is 10.1. The standard InChI is InChI=1S/C13H14N2OS/c16-7-12-5-10-3-1-2-4-13(10)15(12)6-11-8-17-9-14-11/h1-4,8-9,12,16H,5-7H2/t12-/m0/s1. The zero-order chi connectivity index (χ0) is 11.7. The Balaban J connectivity index is 1.90. The van der Waals surface area contributed by atoms with Gasteiger partial charge < -0.3 is 10.0 Å². The van der Waals surface area contributed by atoms with E-state index in [1.54, 1.807) is 11.3 Å². The first kappa shape index (κ1) is 10.7. The molecule has 0 spiro atoms. The van der Waals surface area contributed by atoms with Crippen LogP contribution in [-0.2, 0) is 13.0 Å². The predicted molar refractivity (Wildman–Crippen MR) is 69.3 cm³/mol. The Morgan fingerprint density at radius 2 is 2.29 bits per heavy atom. The van der Waals surface area contributed by atoms with E-state index in [2.05, 4.69) is 33.5 Å². The van der Waals surface area contributed by atoms with E-state index in [1.807, 2.05) is 11.6 Å². The molecular weight excluding hydrogens is 232 g/mol. The minimum absolute atomic E-state index is 0.189. The van der Waals surface area contributed by atoms with Crippen LogP contribution in [-0.4, -0.2) is 22.7 Å². The summed E-state index contributed by atoms with van der Waals surface area (Å²) in [5, 5.41) is 11.5. The van der Waals surface area contributed by atoms with Gasteiger partial charge in [0.15, 0.2) is 0 Å². The number of aliphatic hydroxyl groups is 1. The van der Waals surface area contributed by atoms with Crippen molar-refractivity contribution in [3.63, 3.8) is 0 Å². The topological polar surface area (TPSA) is 36.4 Å². The summed E-state index contributed by atoms with van der Waals surface area (Å²) >= 11 is 1.61. The van der Waals surface area contributed by atoms with Gasteiger partial charge in [-0.1, -0.05) is 18.2 Å². The number of thiazole rings is 1. The number of hydrogen-bond acceptors (Lipinski definition) is 4. The Labute approximate surface area is 104 Å². The van der Waals surface area contributed by atoms with Gasteiger partial charge >= 0.3 is 0 Å². The van der Waals surface area contributed by atoms with Crippen molar-refractivity contribution in [2.24, 2.45) is 0 Å². The summed E-state index contributed by atoms with van der Waals surface area (Å²) in [4.78, 5) is 6.57. The monoisotopic (exact) mass is 246 g/mol. The molecule has 0 saturated carbocycles. The predicted octanol–water partition coefficient (Wildman–Crippen LogP) is 2.07. The maximum absolute atomic E-state index is 9.48. The molecule has 2 aromatic rings. The number of aromatic nitrogens is 1. The summed E-state index contributed by atoms with van der Waals surface area (Å²) in [7, 11) is 0. The first-order valence-electron chi connectivity index (χ1n) is 5.71. The highest BCUT2D eigenvalue weighted by atomic mass is 32.1. The Hall–Kier alpha value is -1.39. The SMILES string of the molecule is OC[C@@H]1Cc2ccccc2N1Cc1cscn1. The van der Waals surface area contributed by atoms with E-state index < -0.39 is 0 Å². The average Bonchev–Trinajstić information content (AvgIpc) is 2.98. The van der Waals surface area contributed by atoms with Crippen LogP contribution in [0, 0.1) is 0 Å². The third-order valence-corrected chi connectivity index (χ3v) is 3.86. The second-order valence-electron chi connectivity index (χ2n) is 4.28. The lowest BCUT2D eigenvalue weighted by molar-refractivity contribution is 0.262. The van der Waals surface area contributed by atoms with E-state index in [0.29, 0.717) is 0 Å². The van der Waals surface area contributed by atoms with Crippen molar-refractivity contribution in [1.29, 1.82) is 0 Å². The van der Waals surface area contributed by atoms with Gasteiger partial charge in [0.1, 0.15) is 0 Å². The Bertz CT molecular complexity index is 498. The van der Waals surface area contributed by atoms with Gasteiger partial charge in [0.05, 0.1) is 30.4 Å². The van der Waals surface area contributed by atoms with Crippen LogP contribution in [0.5, 0.6) is 0 Å². The number of para-hydroxylation sites is 1. The van der Waals surface area contributed by atoms with E-state index in [0.717, 1.165) is 18.7 Å². The van der Waals surface area contributed by atoms with Crippen molar-refractivity contribution in [2.75, 3.05) is 11.5 Å². The highest BCUT2D eigenvalue weighted by Crippen LogP contribution is 2.32. The van der Waals surface area contributed by atoms with Crippen molar-refractivity contribution in [3.8, 4) is 0 Å². The highest BCUT2D eigenvalue weighted by molar-refractivity contribution is 7.07. The smallest absolute Gasteiger partial charge is 0.0795 e. The normalized spacial score (nSPS) is 18.4. The summed E-state index contributed by atoms with van der Waals surface area (Å²) in [5.41, 5.74) is 5.48. The molecule has 1 aromatic carbocycles. The first-order valence-corrected chi connectivity index (χ1v) is 6.65. The molecule has 1 atom stereocenters. The molecule has 0 bridgehead atoms. The van der Waals surface area contributed by atoms with Gasteiger partial charge in [0.25, 0.3) is 0 Å². The largest absolute Gasteiger partial charge is 0.394 e. The number of anilines is 1. The third-order valence-electron chi connectivity index (χ3n) is 3.22. The molecule has 0 amide bonds. The van der Waals surface area contributed by atoms with Crippen molar-refractivity contribution in [1.82, 2.24) is 4.98 Å². The van der Waals surface area contributed by atoms with Gasteiger partial charge in [0, 0.05) is 11.1 Å². The molecule has 17 heavy (non-hydrogen) atoms. The number of fused-ring (bicyclic) bond motifs is 1. The summed E-state index contributed by atoms with van der Waals surface area (Å²) in [6, 6.07) is 8.55. The highest BCUT2D eigenvalue weighted by Gasteiger charge is 2.28. The van der Waals surface area contributed by atoms with Gasteiger partial charge in [-0.2, -0.15) is 0 Å². The molecule has 1 aliphatic heterocycles. The van der Waals surface area contributed by atoms with E-state index in [4.69, 9.17) is 0 Å². The van der Waals surface area contributed by atoms with Crippen molar-refractivity contribution in [3.05, 3.63) is 46.4 Å². The molecule has 88 valence electrons. The molecule has 0 unspecified atom stereocenters. The lowest BCUT2D eigenvalue weighted by Gasteiger charge is -2.25. The lowest BCUT2D eigenvalue weighted by Crippen LogP contribution is -2.34. The Morgan fingerprint density at radius 3 is 3.06 bits per heavy atom. The minimum Gasteiger partial charge on any atom is -0.394 e. The molecular formula is C13H14N2OS. The van der Waals surface area contributed by atoms with E-state index >= 15 is 0 Å². The van der Waals surface area contributed by atoms with Gasteiger partial charge in [-0.25, -0.2) is 4.98 Å². The Kier molecular flexibility index (Phi) is 2.82. The number of hydrogen-bond donors (Lipinski definition) is 1.